The molecule has 1 saturated heterocycles. The number of benzene rings is 1. The highest BCUT2D eigenvalue weighted by atomic mass is 16.6. The Labute approximate surface area is 167 Å². The maximum absolute atomic E-state index is 12.2. The Morgan fingerprint density at radius 1 is 1.14 bits per heavy atom. The van der Waals surface area contributed by atoms with E-state index >= 15 is 0 Å². The molecule has 2 N–H and O–H groups in total. The fourth-order valence-corrected chi connectivity index (χ4v) is 2.85. The fraction of sp³-hybridized carbons (Fsp3) is 0.619. The van der Waals surface area contributed by atoms with Crippen molar-refractivity contribution in [2.24, 2.45) is 0 Å². The molecule has 1 heterocycles. The molecule has 0 spiro atoms. The summed E-state index contributed by atoms with van der Waals surface area (Å²) in [5.41, 5.74) is 0.217. The van der Waals surface area contributed by atoms with Gasteiger partial charge in [-0.05, 0) is 64.3 Å². The number of amides is 3. The highest BCUT2D eigenvalue weighted by molar-refractivity contribution is 5.89. The molecule has 2 rings (SSSR count). The quantitative estimate of drug-likeness (QED) is 0.705. The molecule has 1 aromatic carbocycles. The Hall–Kier alpha value is -2.44. The van der Waals surface area contributed by atoms with Crippen LogP contribution in [0.3, 0.4) is 0 Å². The number of piperidine rings is 1. The van der Waals surface area contributed by atoms with E-state index in [1.165, 1.54) is 0 Å². The number of unbranched alkanes of at least 4 members (excludes halogenated alkanes) is 1. The summed E-state index contributed by atoms with van der Waals surface area (Å²) in [5, 5.41) is 5.81. The van der Waals surface area contributed by atoms with Crippen molar-refractivity contribution in [3.05, 3.63) is 24.3 Å². The van der Waals surface area contributed by atoms with Crippen molar-refractivity contribution in [3.8, 4) is 5.75 Å². The van der Waals surface area contributed by atoms with Crippen LogP contribution in [0.15, 0.2) is 24.3 Å². The van der Waals surface area contributed by atoms with E-state index in [1.54, 1.807) is 4.90 Å². The minimum Gasteiger partial charge on any atom is -0.494 e. The summed E-state index contributed by atoms with van der Waals surface area (Å²) in [7, 11) is 0. The van der Waals surface area contributed by atoms with Crippen LogP contribution in [-0.2, 0) is 4.74 Å². The average Bonchev–Trinajstić information content (AvgIpc) is 2.62. The van der Waals surface area contributed by atoms with Crippen molar-refractivity contribution >= 4 is 17.8 Å². The number of carbonyl (C=O) groups is 2. The van der Waals surface area contributed by atoms with Crippen LogP contribution in [0.2, 0.25) is 0 Å². The smallest absolute Gasteiger partial charge is 0.410 e. The summed E-state index contributed by atoms with van der Waals surface area (Å²) in [6, 6.07) is 7.15. The lowest BCUT2D eigenvalue weighted by Gasteiger charge is -2.33. The van der Waals surface area contributed by atoms with E-state index in [0.29, 0.717) is 38.2 Å². The van der Waals surface area contributed by atoms with Gasteiger partial charge in [-0.2, -0.15) is 0 Å². The van der Waals surface area contributed by atoms with Gasteiger partial charge < -0.3 is 25.0 Å². The maximum atomic E-state index is 12.2. The topological polar surface area (TPSA) is 79.9 Å². The lowest BCUT2D eigenvalue weighted by atomic mass is 10.1. The molecule has 0 aromatic heterocycles. The first-order chi connectivity index (χ1) is 13.3. The standard InChI is InChI=1S/C21H33N3O4/c1-5-6-15-27-18-9-7-16(8-10-18)22-19(25)23-17-11-13-24(14-12-17)20(26)28-21(2,3)4/h7-10,17H,5-6,11-15H2,1-4H3,(H2,22,23,25). The molecule has 1 aliphatic heterocycles. The van der Waals surface area contributed by atoms with Gasteiger partial charge in [-0.1, -0.05) is 13.3 Å². The molecule has 0 atom stereocenters. The number of nitrogens with one attached hydrogen (secondary N) is 2. The second-order valence-corrected chi connectivity index (χ2v) is 8.07. The number of likely N-dealkylation sites (tertiary alicyclic amines) is 1. The van der Waals surface area contributed by atoms with Gasteiger partial charge in [-0.15, -0.1) is 0 Å². The SMILES string of the molecule is CCCCOc1ccc(NC(=O)NC2CCN(C(=O)OC(C)(C)C)CC2)cc1. The molecule has 0 bridgehead atoms. The molecular formula is C21H33N3O4. The molecule has 0 aliphatic carbocycles. The molecule has 0 unspecified atom stereocenters. The van der Waals surface area contributed by atoms with Crippen LogP contribution < -0.4 is 15.4 Å². The number of hydrogen-bond acceptors (Lipinski definition) is 4. The zero-order chi connectivity index (χ0) is 20.6. The van der Waals surface area contributed by atoms with Gasteiger partial charge in [0.25, 0.3) is 0 Å². The number of ether oxygens (including phenoxy) is 2. The average molecular weight is 392 g/mol. The Bertz CT molecular complexity index is 632. The van der Waals surface area contributed by atoms with Gasteiger partial charge in [0.2, 0.25) is 0 Å². The monoisotopic (exact) mass is 391 g/mol. The van der Waals surface area contributed by atoms with Crippen molar-refractivity contribution < 1.29 is 19.1 Å². The predicted molar refractivity (Wildman–Crippen MR) is 110 cm³/mol. The molecule has 1 aromatic rings. The number of hydrogen-bond donors (Lipinski definition) is 2. The lowest BCUT2D eigenvalue weighted by Crippen LogP contribution is -2.48. The van der Waals surface area contributed by atoms with Crippen LogP contribution in [0.25, 0.3) is 0 Å². The first-order valence-electron chi connectivity index (χ1n) is 10.0. The predicted octanol–water partition coefficient (Wildman–Crippen LogP) is 4.39. The summed E-state index contributed by atoms with van der Waals surface area (Å²) in [5.74, 6) is 0.800. The number of urea groups is 1. The van der Waals surface area contributed by atoms with Crippen LogP contribution in [0.5, 0.6) is 5.75 Å². The van der Waals surface area contributed by atoms with E-state index in [9.17, 15) is 9.59 Å². The number of rotatable bonds is 6. The molecule has 28 heavy (non-hydrogen) atoms. The molecule has 7 heteroatoms. The first kappa shape index (κ1) is 21.9. The summed E-state index contributed by atoms with van der Waals surface area (Å²) >= 11 is 0. The van der Waals surface area contributed by atoms with Crippen molar-refractivity contribution in [2.45, 2.75) is 65.0 Å². The van der Waals surface area contributed by atoms with E-state index in [0.717, 1.165) is 18.6 Å². The van der Waals surface area contributed by atoms with Crippen LogP contribution >= 0.6 is 0 Å². The molecule has 3 amide bonds. The number of nitrogens with zero attached hydrogens (tertiary/aromatic N) is 1. The third kappa shape index (κ3) is 7.66. The van der Waals surface area contributed by atoms with Gasteiger partial charge in [0.05, 0.1) is 6.61 Å². The first-order valence-corrected chi connectivity index (χ1v) is 10.0. The minimum absolute atomic E-state index is 0.0373. The minimum atomic E-state index is -0.497. The van der Waals surface area contributed by atoms with Crippen LogP contribution in [-0.4, -0.2) is 48.4 Å². The number of carbonyl (C=O) groups excluding carboxylic acids is 2. The van der Waals surface area contributed by atoms with E-state index in [-0.39, 0.29) is 18.2 Å². The van der Waals surface area contributed by atoms with Crippen LogP contribution in [0.4, 0.5) is 15.3 Å². The van der Waals surface area contributed by atoms with Crippen molar-refractivity contribution in [1.29, 1.82) is 0 Å². The molecule has 1 aliphatic rings. The summed E-state index contributed by atoms with van der Waals surface area (Å²) in [6.45, 7) is 9.53. The zero-order valence-electron chi connectivity index (χ0n) is 17.4. The molecule has 1 fully saturated rings. The van der Waals surface area contributed by atoms with Gasteiger partial charge >= 0.3 is 12.1 Å². The third-order valence-electron chi connectivity index (χ3n) is 4.36. The van der Waals surface area contributed by atoms with Gasteiger partial charge in [0.1, 0.15) is 11.4 Å². The van der Waals surface area contributed by atoms with Crippen molar-refractivity contribution in [2.75, 3.05) is 25.0 Å². The molecule has 0 radical (unpaired) electrons. The Kier molecular flexibility index (Phi) is 7.96. The molecule has 7 nitrogen and oxygen atoms in total. The van der Waals surface area contributed by atoms with E-state index in [2.05, 4.69) is 17.6 Å². The van der Waals surface area contributed by atoms with Crippen molar-refractivity contribution in [3.63, 3.8) is 0 Å². The van der Waals surface area contributed by atoms with Crippen LogP contribution in [0, 0.1) is 0 Å². The van der Waals surface area contributed by atoms with Crippen molar-refractivity contribution in [1.82, 2.24) is 10.2 Å². The van der Waals surface area contributed by atoms with Gasteiger partial charge in [0, 0.05) is 24.8 Å². The molecular weight excluding hydrogens is 358 g/mol. The van der Waals surface area contributed by atoms with E-state index in [1.807, 2.05) is 45.0 Å². The summed E-state index contributed by atoms with van der Waals surface area (Å²) in [4.78, 5) is 26.0. The fourth-order valence-electron chi connectivity index (χ4n) is 2.85. The molecule has 156 valence electrons. The second-order valence-electron chi connectivity index (χ2n) is 8.07. The Balaban J connectivity index is 1.72. The van der Waals surface area contributed by atoms with Gasteiger partial charge in [-0.3, -0.25) is 0 Å². The normalized spacial score (nSPS) is 15.1. The maximum Gasteiger partial charge on any atom is 0.410 e. The largest absolute Gasteiger partial charge is 0.494 e. The van der Waals surface area contributed by atoms with E-state index < -0.39 is 5.60 Å². The highest BCUT2D eigenvalue weighted by Crippen LogP contribution is 2.17. The summed E-state index contributed by atoms with van der Waals surface area (Å²) < 4.78 is 11.0. The number of anilines is 1. The second kappa shape index (κ2) is 10.2. The zero-order valence-corrected chi connectivity index (χ0v) is 17.4. The van der Waals surface area contributed by atoms with E-state index in [4.69, 9.17) is 9.47 Å². The van der Waals surface area contributed by atoms with Gasteiger partial charge in [0.15, 0.2) is 0 Å². The van der Waals surface area contributed by atoms with Gasteiger partial charge in [-0.25, -0.2) is 9.59 Å². The van der Waals surface area contributed by atoms with Crippen LogP contribution in [0.1, 0.15) is 53.4 Å². The highest BCUT2D eigenvalue weighted by Gasteiger charge is 2.27. The summed E-state index contributed by atoms with van der Waals surface area (Å²) in [6.07, 6.45) is 3.23. The molecule has 0 saturated carbocycles. The Morgan fingerprint density at radius 3 is 2.36 bits per heavy atom. The lowest BCUT2D eigenvalue weighted by molar-refractivity contribution is 0.0202. The Morgan fingerprint density at radius 2 is 1.79 bits per heavy atom. The third-order valence-corrected chi connectivity index (χ3v) is 4.36.